The monoisotopic (exact) mass is 270 g/mol. The fraction of sp³-hybridized carbons (Fsp3) is 0.929. The van der Waals surface area contributed by atoms with Crippen LogP contribution in [0.1, 0.15) is 44.9 Å². The van der Waals surface area contributed by atoms with Gasteiger partial charge in [-0.15, -0.1) is 0 Å². The summed E-state index contributed by atoms with van der Waals surface area (Å²) in [6.45, 7) is 1.80. The van der Waals surface area contributed by atoms with Crippen LogP contribution in [-0.2, 0) is 4.74 Å². The molecule has 0 aromatic carbocycles. The molecule has 3 N–H and O–H groups in total. The molecule has 1 heterocycles. The van der Waals surface area contributed by atoms with Crippen molar-refractivity contribution in [1.82, 2.24) is 10.6 Å². The van der Waals surface area contributed by atoms with E-state index < -0.39 is 6.10 Å². The molecule has 1 aliphatic heterocycles. The summed E-state index contributed by atoms with van der Waals surface area (Å²) in [7, 11) is 0. The maximum Gasteiger partial charge on any atom is 0.315 e. The molecule has 0 aromatic heterocycles. The van der Waals surface area contributed by atoms with E-state index in [0.717, 1.165) is 38.9 Å². The van der Waals surface area contributed by atoms with E-state index in [1.165, 1.54) is 19.3 Å². The fourth-order valence-electron chi connectivity index (χ4n) is 2.96. The van der Waals surface area contributed by atoms with E-state index in [1.807, 2.05) is 0 Å². The first-order valence-corrected chi connectivity index (χ1v) is 7.56. The van der Waals surface area contributed by atoms with Crippen molar-refractivity contribution in [3.63, 3.8) is 0 Å². The van der Waals surface area contributed by atoms with Gasteiger partial charge in [-0.2, -0.15) is 0 Å². The van der Waals surface area contributed by atoms with Crippen LogP contribution in [0.2, 0.25) is 0 Å². The Kier molecular flexibility index (Phi) is 5.92. The number of aliphatic hydroxyl groups is 1. The van der Waals surface area contributed by atoms with Gasteiger partial charge in [0.15, 0.2) is 0 Å². The Balaban J connectivity index is 1.61. The first-order chi connectivity index (χ1) is 9.25. The van der Waals surface area contributed by atoms with E-state index in [9.17, 15) is 9.90 Å². The Morgan fingerprint density at radius 3 is 2.53 bits per heavy atom. The standard InChI is InChI=1S/C14H26N2O3/c17-13(11-4-2-1-3-5-11)10-15-14(18)16-12-6-8-19-9-7-12/h11-13,17H,1-10H2,(H2,15,16,18)/t13-/m0/s1. The summed E-state index contributed by atoms with van der Waals surface area (Å²) in [6, 6.07) is 0.0438. The van der Waals surface area contributed by atoms with Crippen LogP contribution in [0, 0.1) is 5.92 Å². The van der Waals surface area contributed by atoms with Crippen LogP contribution < -0.4 is 10.6 Å². The lowest BCUT2D eigenvalue weighted by Crippen LogP contribution is -2.47. The Bertz CT molecular complexity index is 274. The van der Waals surface area contributed by atoms with E-state index in [4.69, 9.17) is 4.74 Å². The Labute approximate surface area is 115 Å². The number of urea groups is 1. The van der Waals surface area contributed by atoms with Crippen LogP contribution in [0.4, 0.5) is 4.79 Å². The van der Waals surface area contributed by atoms with Crippen molar-refractivity contribution in [2.24, 2.45) is 5.92 Å². The number of hydrogen-bond donors (Lipinski definition) is 3. The van der Waals surface area contributed by atoms with Crippen LogP contribution in [0.25, 0.3) is 0 Å². The lowest BCUT2D eigenvalue weighted by Gasteiger charge is -2.27. The molecule has 110 valence electrons. The summed E-state index contributed by atoms with van der Waals surface area (Å²) in [6.07, 6.45) is 7.21. The Morgan fingerprint density at radius 2 is 1.84 bits per heavy atom. The predicted octanol–water partition coefficient (Wildman–Crippen LogP) is 1.41. The molecule has 5 heteroatoms. The highest BCUT2D eigenvalue weighted by atomic mass is 16.5. The topological polar surface area (TPSA) is 70.6 Å². The van der Waals surface area contributed by atoms with Crippen molar-refractivity contribution >= 4 is 6.03 Å². The number of nitrogens with one attached hydrogen (secondary N) is 2. The number of amides is 2. The molecule has 2 rings (SSSR count). The van der Waals surface area contributed by atoms with Crippen LogP contribution in [-0.4, -0.2) is 43.0 Å². The molecule has 1 atom stereocenters. The minimum absolute atomic E-state index is 0.165. The molecule has 19 heavy (non-hydrogen) atoms. The number of ether oxygens (including phenoxy) is 1. The quantitative estimate of drug-likeness (QED) is 0.723. The van der Waals surface area contributed by atoms with Crippen molar-refractivity contribution in [3.8, 4) is 0 Å². The van der Waals surface area contributed by atoms with Crippen molar-refractivity contribution in [2.75, 3.05) is 19.8 Å². The summed E-state index contributed by atoms with van der Waals surface area (Å²) >= 11 is 0. The third kappa shape index (κ3) is 4.99. The van der Waals surface area contributed by atoms with Crippen LogP contribution in [0.3, 0.4) is 0 Å². The van der Waals surface area contributed by atoms with Gasteiger partial charge in [-0.1, -0.05) is 19.3 Å². The average molecular weight is 270 g/mol. The van der Waals surface area contributed by atoms with Gasteiger partial charge < -0.3 is 20.5 Å². The highest BCUT2D eigenvalue weighted by Gasteiger charge is 2.22. The van der Waals surface area contributed by atoms with Gasteiger partial charge in [0.2, 0.25) is 0 Å². The number of rotatable bonds is 4. The van der Waals surface area contributed by atoms with E-state index >= 15 is 0 Å². The van der Waals surface area contributed by atoms with Crippen LogP contribution in [0.5, 0.6) is 0 Å². The van der Waals surface area contributed by atoms with Gasteiger partial charge in [-0.05, 0) is 31.6 Å². The van der Waals surface area contributed by atoms with Crippen LogP contribution in [0.15, 0.2) is 0 Å². The molecule has 0 unspecified atom stereocenters. The fourth-order valence-corrected chi connectivity index (χ4v) is 2.96. The normalized spacial score (nSPS) is 23.8. The van der Waals surface area contributed by atoms with Gasteiger partial charge in [0.25, 0.3) is 0 Å². The zero-order chi connectivity index (χ0) is 13.5. The minimum Gasteiger partial charge on any atom is -0.391 e. The van der Waals surface area contributed by atoms with E-state index in [2.05, 4.69) is 10.6 Å². The summed E-state index contributed by atoms with van der Waals surface area (Å²) in [5, 5.41) is 15.8. The Morgan fingerprint density at radius 1 is 1.16 bits per heavy atom. The van der Waals surface area contributed by atoms with Gasteiger partial charge in [0.1, 0.15) is 0 Å². The number of carbonyl (C=O) groups excluding carboxylic acids is 1. The van der Waals surface area contributed by atoms with E-state index in [0.29, 0.717) is 12.5 Å². The zero-order valence-corrected chi connectivity index (χ0v) is 11.6. The van der Waals surface area contributed by atoms with Crippen molar-refractivity contribution in [3.05, 3.63) is 0 Å². The second-order valence-electron chi connectivity index (χ2n) is 5.71. The molecule has 2 amide bonds. The summed E-state index contributed by atoms with van der Waals surface area (Å²) in [4.78, 5) is 11.7. The molecule has 2 aliphatic rings. The van der Waals surface area contributed by atoms with Crippen molar-refractivity contribution < 1.29 is 14.6 Å². The molecule has 0 spiro atoms. The third-order valence-electron chi connectivity index (χ3n) is 4.22. The Hall–Kier alpha value is -0.810. The highest BCUT2D eigenvalue weighted by Crippen LogP contribution is 2.26. The molecule has 0 aromatic rings. The molecule has 2 fully saturated rings. The molecule has 0 bridgehead atoms. The van der Waals surface area contributed by atoms with Gasteiger partial charge in [-0.25, -0.2) is 4.79 Å². The van der Waals surface area contributed by atoms with Gasteiger partial charge in [0, 0.05) is 25.8 Å². The van der Waals surface area contributed by atoms with Gasteiger partial charge in [0.05, 0.1) is 6.10 Å². The molecule has 1 saturated carbocycles. The number of hydrogen-bond acceptors (Lipinski definition) is 3. The summed E-state index contributed by atoms with van der Waals surface area (Å²) < 4.78 is 5.25. The SMILES string of the molecule is O=C(NC[C@H](O)C1CCCCC1)NC1CCOCC1. The smallest absolute Gasteiger partial charge is 0.315 e. The second kappa shape index (κ2) is 7.70. The zero-order valence-electron chi connectivity index (χ0n) is 11.6. The second-order valence-corrected chi connectivity index (χ2v) is 5.71. The van der Waals surface area contributed by atoms with Crippen LogP contribution >= 0.6 is 0 Å². The molecular formula is C14H26N2O3. The summed E-state index contributed by atoms with van der Waals surface area (Å²) in [5.41, 5.74) is 0. The lowest BCUT2D eigenvalue weighted by molar-refractivity contribution is 0.0770. The highest BCUT2D eigenvalue weighted by molar-refractivity contribution is 5.74. The molecule has 1 aliphatic carbocycles. The molecule has 5 nitrogen and oxygen atoms in total. The van der Waals surface area contributed by atoms with E-state index in [1.54, 1.807) is 0 Å². The minimum atomic E-state index is -0.402. The average Bonchev–Trinajstić information content (AvgIpc) is 2.47. The first kappa shape index (κ1) is 14.6. The molecular weight excluding hydrogens is 244 g/mol. The molecule has 1 saturated heterocycles. The molecule has 0 radical (unpaired) electrons. The maximum absolute atomic E-state index is 11.7. The van der Waals surface area contributed by atoms with Crippen molar-refractivity contribution in [1.29, 1.82) is 0 Å². The third-order valence-corrected chi connectivity index (χ3v) is 4.22. The number of aliphatic hydroxyl groups excluding tert-OH is 1. The lowest BCUT2D eigenvalue weighted by atomic mass is 9.85. The predicted molar refractivity (Wildman–Crippen MR) is 73.0 cm³/mol. The van der Waals surface area contributed by atoms with Crippen molar-refractivity contribution in [2.45, 2.75) is 57.1 Å². The van der Waals surface area contributed by atoms with E-state index in [-0.39, 0.29) is 12.1 Å². The maximum atomic E-state index is 11.7. The first-order valence-electron chi connectivity index (χ1n) is 7.56. The van der Waals surface area contributed by atoms with Gasteiger partial charge in [-0.3, -0.25) is 0 Å². The number of carbonyl (C=O) groups is 1. The van der Waals surface area contributed by atoms with Gasteiger partial charge >= 0.3 is 6.03 Å². The largest absolute Gasteiger partial charge is 0.391 e. The summed E-state index contributed by atoms with van der Waals surface area (Å²) in [5.74, 6) is 0.358.